The van der Waals surface area contributed by atoms with Crippen LogP contribution in [0.3, 0.4) is 0 Å². The highest BCUT2D eigenvalue weighted by molar-refractivity contribution is 5.92. The topological polar surface area (TPSA) is 154 Å². The van der Waals surface area contributed by atoms with Crippen LogP contribution < -0.4 is 32.3 Å². The first-order chi connectivity index (χ1) is 13.2. The molecule has 0 unspecified atom stereocenters. The van der Waals surface area contributed by atoms with Crippen LogP contribution in [0.1, 0.15) is 46.0 Å². The van der Waals surface area contributed by atoms with Crippen molar-refractivity contribution in [1.82, 2.24) is 26.6 Å². The molecule has 0 aliphatic carbocycles. The van der Waals surface area contributed by atoms with Gasteiger partial charge in [0.15, 0.2) is 0 Å². The molecular formula is C18H36N6O4. The Labute approximate surface area is 167 Å². The molecule has 7 N–H and O–H groups in total. The summed E-state index contributed by atoms with van der Waals surface area (Å²) in [5.41, 5.74) is 5.00. The number of hydrogen-bond acceptors (Lipinski definition) is 5. The molecule has 0 spiro atoms. The zero-order valence-corrected chi connectivity index (χ0v) is 17.4. The van der Waals surface area contributed by atoms with Gasteiger partial charge in [-0.3, -0.25) is 14.4 Å². The van der Waals surface area contributed by atoms with E-state index >= 15 is 0 Å². The van der Waals surface area contributed by atoms with Crippen LogP contribution in [0.15, 0.2) is 0 Å². The minimum Gasteiger partial charge on any atom is -0.357 e. The second-order valence-electron chi connectivity index (χ2n) is 6.96. The van der Waals surface area contributed by atoms with Crippen molar-refractivity contribution in [2.24, 2.45) is 11.7 Å². The van der Waals surface area contributed by atoms with Gasteiger partial charge in [-0.2, -0.15) is 0 Å². The van der Waals surface area contributed by atoms with E-state index in [-0.39, 0.29) is 17.7 Å². The summed E-state index contributed by atoms with van der Waals surface area (Å²) in [5, 5.41) is 13.4. The maximum Gasteiger partial charge on any atom is 0.312 e. The predicted molar refractivity (Wildman–Crippen MR) is 107 cm³/mol. The zero-order valence-electron chi connectivity index (χ0n) is 17.4. The van der Waals surface area contributed by atoms with Gasteiger partial charge < -0.3 is 32.3 Å². The van der Waals surface area contributed by atoms with Gasteiger partial charge in [0, 0.05) is 20.0 Å². The Morgan fingerprint density at radius 2 is 1.57 bits per heavy atom. The lowest BCUT2D eigenvalue weighted by Gasteiger charge is -2.25. The lowest BCUT2D eigenvalue weighted by atomic mass is 10.0. The fourth-order valence-corrected chi connectivity index (χ4v) is 2.59. The number of nitrogens with two attached hydrogens (primary N) is 1. The molecule has 0 saturated carbocycles. The molecule has 10 nitrogen and oxygen atoms in total. The van der Waals surface area contributed by atoms with Crippen molar-refractivity contribution in [3.05, 3.63) is 0 Å². The molecule has 0 heterocycles. The maximum atomic E-state index is 12.7. The van der Waals surface area contributed by atoms with E-state index in [0.717, 1.165) is 19.4 Å². The van der Waals surface area contributed by atoms with Crippen LogP contribution in [-0.4, -0.2) is 63.0 Å². The number of rotatable bonds is 14. The van der Waals surface area contributed by atoms with Crippen molar-refractivity contribution < 1.29 is 19.2 Å². The third kappa shape index (κ3) is 11.4. The molecule has 0 rings (SSSR count). The first-order valence-electron chi connectivity index (χ1n) is 9.72. The van der Waals surface area contributed by atoms with Gasteiger partial charge in [-0.1, -0.05) is 13.8 Å². The van der Waals surface area contributed by atoms with Crippen molar-refractivity contribution >= 4 is 23.8 Å². The Morgan fingerprint density at radius 1 is 0.893 bits per heavy atom. The van der Waals surface area contributed by atoms with Crippen LogP contribution in [0.2, 0.25) is 0 Å². The number of carbonyl (C=O) groups excluding carboxylic acids is 4. The zero-order chi connectivity index (χ0) is 21.5. The van der Waals surface area contributed by atoms with Crippen molar-refractivity contribution in [3.63, 3.8) is 0 Å². The molecule has 0 aromatic rings. The third-order valence-electron chi connectivity index (χ3n) is 4.19. The Hall–Kier alpha value is -2.36. The normalized spacial score (nSPS) is 12.8. The number of likely N-dealkylation sites (N-methyl/N-ethyl adjacent to an activating group) is 1. The first-order valence-corrected chi connectivity index (χ1v) is 9.72. The molecule has 0 radical (unpaired) electrons. The van der Waals surface area contributed by atoms with Crippen molar-refractivity contribution in [1.29, 1.82) is 0 Å². The van der Waals surface area contributed by atoms with E-state index in [1.807, 2.05) is 20.9 Å². The summed E-state index contributed by atoms with van der Waals surface area (Å²) < 4.78 is 0. The molecule has 5 amide bonds. The van der Waals surface area contributed by atoms with Gasteiger partial charge in [0.05, 0.1) is 0 Å². The van der Waals surface area contributed by atoms with Crippen LogP contribution in [-0.2, 0) is 14.4 Å². The number of carbonyl (C=O) groups is 4. The molecule has 0 saturated heterocycles. The van der Waals surface area contributed by atoms with Crippen LogP contribution in [0.25, 0.3) is 0 Å². The monoisotopic (exact) mass is 400 g/mol. The summed E-state index contributed by atoms with van der Waals surface area (Å²) in [6, 6.07) is -2.13. The fraction of sp³-hybridized carbons (Fsp3) is 0.778. The number of primary amides is 1. The van der Waals surface area contributed by atoms with Crippen LogP contribution in [0.4, 0.5) is 4.79 Å². The number of hydrogen-bond donors (Lipinski definition) is 6. The quantitative estimate of drug-likeness (QED) is 0.211. The van der Waals surface area contributed by atoms with Gasteiger partial charge in [-0.15, -0.1) is 0 Å². The molecule has 2 atom stereocenters. The SMILES string of the molecule is CNCCCCC(=O)N[C@H](C(=O)N[C@@H](CCCNC(N)=O)C(=O)NC)C(C)C. The van der Waals surface area contributed by atoms with E-state index in [4.69, 9.17) is 5.73 Å². The minimum atomic E-state index is -0.763. The van der Waals surface area contributed by atoms with Gasteiger partial charge in [0.25, 0.3) is 0 Å². The number of nitrogens with one attached hydrogen (secondary N) is 5. The van der Waals surface area contributed by atoms with E-state index < -0.39 is 24.0 Å². The molecular weight excluding hydrogens is 364 g/mol. The fourth-order valence-electron chi connectivity index (χ4n) is 2.59. The summed E-state index contributed by atoms with van der Waals surface area (Å²) in [6.45, 7) is 4.80. The first kappa shape index (κ1) is 25.6. The Morgan fingerprint density at radius 3 is 2.11 bits per heavy atom. The van der Waals surface area contributed by atoms with E-state index in [0.29, 0.717) is 25.8 Å². The Kier molecular flexibility index (Phi) is 13.4. The van der Waals surface area contributed by atoms with Gasteiger partial charge in [-0.05, 0) is 45.2 Å². The third-order valence-corrected chi connectivity index (χ3v) is 4.19. The van der Waals surface area contributed by atoms with Crippen LogP contribution in [0.5, 0.6) is 0 Å². The van der Waals surface area contributed by atoms with E-state index in [1.165, 1.54) is 7.05 Å². The molecule has 0 aliphatic rings. The highest BCUT2D eigenvalue weighted by Gasteiger charge is 2.28. The van der Waals surface area contributed by atoms with Crippen LogP contribution >= 0.6 is 0 Å². The van der Waals surface area contributed by atoms with E-state index in [1.54, 1.807) is 0 Å². The van der Waals surface area contributed by atoms with Crippen molar-refractivity contribution in [2.45, 2.75) is 58.0 Å². The summed E-state index contributed by atoms with van der Waals surface area (Å²) in [7, 11) is 3.34. The molecule has 0 fully saturated rings. The molecule has 0 aliphatic heterocycles. The van der Waals surface area contributed by atoms with Gasteiger partial charge >= 0.3 is 6.03 Å². The average molecular weight is 401 g/mol. The molecule has 162 valence electrons. The summed E-state index contributed by atoms with van der Waals surface area (Å²) in [6.07, 6.45) is 2.74. The van der Waals surface area contributed by atoms with Gasteiger partial charge in [0.1, 0.15) is 12.1 Å². The van der Waals surface area contributed by atoms with Crippen molar-refractivity contribution in [3.8, 4) is 0 Å². The molecule has 0 aromatic heterocycles. The largest absolute Gasteiger partial charge is 0.357 e. The van der Waals surface area contributed by atoms with E-state index in [2.05, 4.69) is 26.6 Å². The Bertz CT molecular complexity index is 512. The Balaban J connectivity index is 4.74. The summed E-state index contributed by atoms with van der Waals surface area (Å²) in [5.74, 6) is -1.07. The smallest absolute Gasteiger partial charge is 0.312 e. The van der Waals surface area contributed by atoms with Gasteiger partial charge in [0.2, 0.25) is 17.7 Å². The number of amides is 5. The predicted octanol–water partition coefficient (Wildman–Crippen LogP) is -0.804. The lowest BCUT2D eigenvalue weighted by Crippen LogP contribution is -2.55. The van der Waals surface area contributed by atoms with Crippen molar-refractivity contribution in [2.75, 3.05) is 27.2 Å². The molecule has 0 aromatic carbocycles. The molecule has 28 heavy (non-hydrogen) atoms. The second-order valence-corrected chi connectivity index (χ2v) is 6.96. The minimum absolute atomic E-state index is 0.136. The lowest BCUT2D eigenvalue weighted by molar-refractivity contribution is -0.133. The second kappa shape index (κ2) is 14.7. The summed E-state index contributed by atoms with van der Waals surface area (Å²) in [4.78, 5) is 47.6. The van der Waals surface area contributed by atoms with Gasteiger partial charge in [-0.25, -0.2) is 4.79 Å². The number of urea groups is 1. The number of unbranched alkanes of at least 4 members (excludes halogenated alkanes) is 1. The van der Waals surface area contributed by atoms with E-state index in [9.17, 15) is 19.2 Å². The highest BCUT2D eigenvalue weighted by atomic mass is 16.2. The average Bonchev–Trinajstić information content (AvgIpc) is 2.64. The maximum absolute atomic E-state index is 12.7. The molecule has 0 bridgehead atoms. The summed E-state index contributed by atoms with van der Waals surface area (Å²) >= 11 is 0. The standard InChI is InChI=1S/C18H36N6O4/c1-12(2)15(24-14(25)9-5-6-10-20-3)17(27)23-13(16(26)21-4)8-7-11-22-18(19)28/h12-13,15,20H,5-11H2,1-4H3,(H,21,26)(H,23,27)(H,24,25)(H3,19,22,28)/t13-,15-/m0/s1. The van der Waals surface area contributed by atoms with Crippen LogP contribution in [0, 0.1) is 5.92 Å². The highest BCUT2D eigenvalue weighted by Crippen LogP contribution is 2.06. The molecule has 10 heteroatoms.